The molecule has 0 spiro atoms. The summed E-state index contributed by atoms with van der Waals surface area (Å²) >= 11 is 1.58. The second kappa shape index (κ2) is 9.93. The number of thiophene rings is 1. The van der Waals surface area contributed by atoms with Crippen molar-refractivity contribution in [3.05, 3.63) is 139 Å². The van der Waals surface area contributed by atoms with Gasteiger partial charge in [-0.2, -0.15) is 0 Å². The van der Waals surface area contributed by atoms with Gasteiger partial charge in [-0.3, -0.25) is 23.7 Å². The molecule has 7 heteroatoms. The maximum absolute atomic E-state index is 12.4. The molecule has 33 heavy (non-hydrogen) atoms. The zero-order chi connectivity index (χ0) is 23.2. The van der Waals surface area contributed by atoms with Gasteiger partial charge in [-0.15, -0.1) is 11.3 Å². The fourth-order valence-electron chi connectivity index (χ4n) is 3.25. The average Bonchev–Trinajstić information content (AvgIpc) is 3.38. The Bertz CT molecular complexity index is 1520. The van der Waals surface area contributed by atoms with Gasteiger partial charge in [-0.25, -0.2) is 4.79 Å². The second-order valence-corrected chi connectivity index (χ2v) is 8.13. The highest BCUT2D eigenvalue weighted by molar-refractivity contribution is 7.13. The van der Waals surface area contributed by atoms with Crippen molar-refractivity contribution in [1.29, 1.82) is 0 Å². The van der Waals surface area contributed by atoms with E-state index < -0.39 is 5.69 Å². The molecule has 1 N–H and O–H groups in total. The Hall–Kier alpha value is -4.23. The summed E-state index contributed by atoms with van der Waals surface area (Å²) in [6.45, 7) is 1.66. The minimum Gasteiger partial charge on any atom is -0.284 e. The third-order valence-electron chi connectivity index (χ3n) is 4.92. The van der Waals surface area contributed by atoms with Gasteiger partial charge in [0.15, 0.2) is 0 Å². The van der Waals surface area contributed by atoms with Crippen molar-refractivity contribution in [3.63, 3.8) is 0 Å². The Morgan fingerprint density at radius 2 is 1.36 bits per heavy atom. The fourth-order valence-corrected chi connectivity index (χ4v) is 4.00. The Balaban J connectivity index is 0.000000160. The van der Waals surface area contributed by atoms with E-state index >= 15 is 0 Å². The van der Waals surface area contributed by atoms with Crippen LogP contribution in [0.25, 0.3) is 21.8 Å². The van der Waals surface area contributed by atoms with Gasteiger partial charge >= 0.3 is 5.69 Å². The molecule has 0 aliphatic heterocycles. The van der Waals surface area contributed by atoms with E-state index in [1.54, 1.807) is 41.2 Å². The molecule has 5 rings (SSSR count). The van der Waals surface area contributed by atoms with Crippen LogP contribution in [-0.4, -0.2) is 14.1 Å². The summed E-state index contributed by atoms with van der Waals surface area (Å²) < 4.78 is 3.09. The van der Waals surface area contributed by atoms with Crippen molar-refractivity contribution in [2.24, 2.45) is 0 Å². The molecule has 164 valence electrons. The van der Waals surface area contributed by atoms with Gasteiger partial charge < -0.3 is 0 Å². The highest BCUT2D eigenvalue weighted by Gasteiger charge is 2.07. The van der Waals surface area contributed by atoms with Crippen LogP contribution in [0.1, 0.15) is 5.56 Å². The zero-order valence-corrected chi connectivity index (χ0v) is 18.7. The van der Waals surface area contributed by atoms with E-state index in [0.29, 0.717) is 5.56 Å². The van der Waals surface area contributed by atoms with Crippen LogP contribution >= 0.6 is 11.3 Å². The normalized spacial score (nSPS) is 10.3. The lowest BCUT2D eigenvalue weighted by atomic mass is 10.2. The first-order chi connectivity index (χ1) is 16.0. The number of nitrogens with zero attached hydrogens (tertiary/aromatic N) is 2. The van der Waals surface area contributed by atoms with Gasteiger partial charge in [0.2, 0.25) is 0 Å². The zero-order valence-electron chi connectivity index (χ0n) is 17.8. The lowest BCUT2D eigenvalue weighted by molar-refractivity contribution is 0.880. The molecular weight excluding hydrogens is 434 g/mol. The molecule has 0 saturated carbocycles. The summed E-state index contributed by atoms with van der Waals surface area (Å²) in [7, 11) is 0. The summed E-state index contributed by atoms with van der Waals surface area (Å²) in [5.41, 5.74) is 2.15. The lowest BCUT2D eigenvalue weighted by Gasteiger charge is -2.06. The van der Waals surface area contributed by atoms with Crippen LogP contribution < -0.4 is 16.8 Å². The highest BCUT2D eigenvalue weighted by Crippen LogP contribution is 2.21. The summed E-state index contributed by atoms with van der Waals surface area (Å²) in [5, 5.41) is 1.98. The van der Waals surface area contributed by atoms with E-state index in [1.807, 2.05) is 78.2 Å². The number of aromatic nitrogens is 3. The van der Waals surface area contributed by atoms with Gasteiger partial charge in [0.05, 0.1) is 11.3 Å². The molecular formula is C26H21N3O3S. The van der Waals surface area contributed by atoms with E-state index in [0.717, 1.165) is 21.8 Å². The quantitative estimate of drug-likeness (QED) is 0.438. The van der Waals surface area contributed by atoms with E-state index in [-0.39, 0.29) is 11.1 Å². The Morgan fingerprint density at radius 3 is 1.97 bits per heavy atom. The smallest absolute Gasteiger partial charge is 0.284 e. The Morgan fingerprint density at radius 1 is 0.727 bits per heavy atom. The predicted molar refractivity (Wildman–Crippen MR) is 133 cm³/mol. The molecule has 0 fully saturated rings. The van der Waals surface area contributed by atoms with Crippen LogP contribution in [0, 0.1) is 6.92 Å². The van der Waals surface area contributed by atoms with E-state index in [4.69, 9.17) is 0 Å². The molecule has 0 amide bonds. The standard InChI is InChI=1S/C15H11NOS.C11H10N2O2/c17-15-13(14-9-5-11-18-14)8-4-10-16(15)12-6-2-1-3-7-12;1-8-7-13(11(15)12-10(8)14)9-5-3-2-4-6-9/h1-11H;2-7H,1H3,(H,12,14,15). The number of hydrogen-bond acceptors (Lipinski definition) is 4. The molecule has 0 atom stereocenters. The maximum Gasteiger partial charge on any atom is 0.332 e. The number of rotatable bonds is 3. The van der Waals surface area contributed by atoms with Crippen molar-refractivity contribution in [3.8, 4) is 21.8 Å². The number of benzene rings is 2. The highest BCUT2D eigenvalue weighted by atomic mass is 32.1. The maximum atomic E-state index is 12.4. The van der Waals surface area contributed by atoms with Crippen LogP contribution in [0.2, 0.25) is 0 Å². The number of aromatic amines is 1. The summed E-state index contributed by atoms with van der Waals surface area (Å²) in [6.07, 6.45) is 3.34. The molecule has 3 aromatic heterocycles. The third kappa shape index (κ3) is 4.99. The average molecular weight is 456 g/mol. The first-order valence-electron chi connectivity index (χ1n) is 10.2. The number of hydrogen-bond donors (Lipinski definition) is 1. The molecule has 0 aliphatic carbocycles. The van der Waals surface area contributed by atoms with Crippen molar-refractivity contribution < 1.29 is 0 Å². The molecule has 0 aliphatic rings. The van der Waals surface area contributed by atoms with Gasteiger partial charge in [0.1, 0.15) is 0 Å². The fraction of sp³-hybridized carbons (Fsp3) is 0.0385. The molecule has 0 bridgehead atoms. The molecule has 5 aromatic rings. The van der Waals surface area contributed by atoms with Crippen molar-refractivity contribution in [2.75, 3.05) is 0 Å². The van der Waals surface area contributed by atoms with Crippen molar-refractivity contribution in [2.45, 2.75) is 6.92 Å². The first-order valence-corrected chi connectivity index (χ1v) is 11.1. The molecule has 6 nitrogen and oxygen atoms in total. The van der Waals surface area contributed by atoms with Crippen molar-refractivity contribution >= 4 is 11.3 Å². The van der Waals surface area contributed by atoms with Crippen LogP contribution in [0.3, 0.4) is 0 Å². The number of aryl methyl sites for hydroxylation is 1. The number of para-hydroxylation sites is 2. The molecule has 3 heterocycles. The van der Waals surface area contributed by atoms with E-state index in [9.17, 15) is 14.4 Å². The van der Waals surface area contributed by atoms with Crippen LogP contribution in [0.15, 0.2) is 117 Å². The monoisotopic (exact) mass is 455 g/mol. The number of nitrogens with one attached hydrogen (secondary N) is 1. The minimum atomic E-state index is -0.420. The van der Waals surface area contributed by atoms with Gasteiger partial charge in [-0.1, -0.05) is 42.5 Å². The third-order valence-corrected chi connectivity index (χ3v) is 5.83. The SMILES string of the molecule is Cc1cn(-c2ccccc2)c(=O)[nH]c1=O.O=c1c(-c2cccs2)cccn1-c1ccccc1. The van der Waals surface area contributed by atoms with Gasteiger partial charge in [-0.05, 0) is 54.8 Å². The van der Waals surface area contributed by atoms with Crippen LogP contribution in [-0.2, 0) is 0 Å². The second-order valence-electron chi connectivity index (χ2n) is 7.19. The topological polar surface area (TPSA) is 76.9 Å². The molecule has 2 aromatic carbocycles. The molecule has 0 unspecified atom stereocenters. The van der Waals surface area contributed by atoms with Crippen molar-refractivity contribution in [1.82, 2.24) is 14.1 Å². The van der Waals surface area contributed by atoms with E-state index in [1.165, 1.54) is 10.8 Å². The minimum absolute atomic E-state index is 0.0196. The number of pyridine rings is 1. The predicted octanol–water partition coefficient (Wildman–Crippen LogP) is 4.40. The van der Waals surface area contributed by atoms with Crippen LogP contribution in [0.4, 0.5) is 0 Å². The van der Waals surface area contributed by atoms with Gasteiger partial charge in [0, 0.05) is 28.5 Å². The number of H-pyrrole nitrogens is 1. The first kappa shape index (κ1) is 22.0. The Labute approximate surface area is 193 Å². The largest absolute Gasteiger partial charge is 0.332 e. The molecule has 0 radical (unpaired) electrons. The lowest BCUT2D eigenvalue weighted by Crippen LogP contribution is -2.29. The Kier molecular flexibility index (Phi) is 6.61. The summed E-state index contributed by atoms with van der Waals surface area (Å²) in [6, 6.07) is 26.5. The van der Waals surface area contributed by atoms with Gasteiger partial charge in [0.25, 0.3) is 11.1 Å². The van der Waals surface area contributed by atoms with E-state index in [2.05, 4.69) is 4.98 Å². The molecule has 0 saturated heterocycles. The summed E-state index contributed by atoms with van der Waals surface area (Å²) in [5.74, 6) is 0. The van der Waals surface area contributed by atoms with Crippen LogP contribution in [0.5, 0.6) is 0 Å². The summed E-state index contributed by atoms with van der Waals surface area (Å²) in [4.78, 5) is 38.4.